The predicted octanol–water partition coefficient (Wildman–Crippen LogP) is 1.58. The predicted molar refractivity (Wildman–Crippen MR) is 70.2 cm³/mol. The van der Waals surface area contributed by atoms with E-state index in [1.807, 2.05) is 6.92 Å². The van der Waals surface area contributed by atoms with Crippen molar-refractivity contribution in [2.24, 2.45) is 0 Å². The van der Waals surface area contributed by atoms with E-state index in [0.29, 0.717) is 13.1 Å². The molecular weight excluding hydrogens is 264 g/mol. The molecule has 1 atom stereocenters. The van der Waals surface area contributed by atoms with Crippen LogP contribution in [0.4, 0.5) is 4.79 Å². The molecule has 2 heterocycles. The summed E-state index contributed by atoms with van der Waals surface area (Å²) in [5.41, 5.74) is 0.995. The Labute approximate surface area is 112 Å². The number of urea groups is 1. The Hall–Kier alpha value is -1.56. The number of benzene rings is 1. The van der Waals surface area contributed by atoms with Gasteiger partial charge in [-0.05, 0) is 31.9 Å². The summed E-state index contributed by atoms with van der Waals surface area (Å²) in [4.78, 5) is 14.0. The molecular formula is C13H16N2O3S. The first-order chi connectivity index (χ1) is 9.00. The van der Waals surface area contributed by atoms with E-state index in [0.717, 1.165) is 22.7 Å². The maximum absolute atomic E-state index is 12.6. The van der Waals surface area contributed by atoms with Crippen LogP contribution in [-0.4, -0.2) is 42.8 Å². The number of aryl methyl sites for hydroxylation is 1. The molecule has 2 aliphatic rings. The van der Waals surface area contributed by atoms with E-state index in [4.69, 9.17) is 0 Å². The van der Waals surface area contributed by atoms with E-state index in [-0.39, 0.29) is 17.0 Å². The minimum atomic E-state index is -3.72. The molecule has 2 saturated heterocycles. The second-order valence-corrected chi connectivity index (χ2v) is 6.95. The molecule has 0 aliphatic carbocycles. The number of carbonyl (C=O) groups excluding carboxylic acids is 1. The third kappa shape index (κ3) is 1.90. The quantitative estimate of drug-likeness (QED) is 0.826. The zero-order chi connectivity index (χ0) is 13.6. The van der Waals surface area contributed by atoms with Gasteiger partial charge in [0.15, 0.2) is 0 Å². The molecule has 3 rings (SSSR count). The van der Waals surface area contributed by atoms with Gasteiger partial charge in [0, 0.05) is 13.1 Å². The van der Waals surface area contributed by atoms with Crippen molar-refractivity contribution in [1.82, 2.24) is 9.21 Å². The lowest BCUT2D eigenvalue weighted by atomic mass is 10.1. The standard InChI is InChI=1S/C13H16N2O3S/c1-10-4-6-12(7-5-10)19(17,18)15-11-3-2-8-14(9-11)13(15)16/h4-7,11H,2-3,8-9H2,1H3. The molecule has 19 heavy (non-hydrogen) atoms. The van der Waals surface area contributed by atoms with Crippen molar-refractivity contribution in [2.75, 3.05) is 13.1 Å². The summed E-state index contributed by atoms with van der Waals surface area (Å²) >= 11 is 0. The first-order valence-corrected chi connectivity index (χ1v) is 7.84. The Morgan fingerprint density at radius 1 is 1.21 bits per heavy atom. The van der Waals surface area contributed by atoms with Crippen molar-refractivity contribution in [3.63, 3.8) is 0 Å². The summed E-state index contributed by atoms with van der Waals surface area (Å²) < 4.78 is 26.2. The van der Waals surface area contributed by atoms with Gasteiger partial charge in [0.2, 0.25) is 0 Å². The number of piperidine rings is 1. The zero-order valence-electron chi connectivity index (χ0n) is 10.7. The van der Waals surface area contributed by atoms with Gasteiger partial charge in [-0.25, -0.2) is 17.5 Å². The molecule has 0 spiro atoms. The van der Waals surface area contributed by atoms with E-state index in [1.165, 1.54) is 0 Å². The summed E-state index contributed by atoms with van der Waals surface area (Å²) in [6.07, 6.45) is 1.63. The molecule has 1 aromatic rings. The van der Waals surface area contributed by atoms with Crippen molar-refractivity contribution in [3.05, 3.63) is 29.8 Å². The molecule has 0 N–H and O–H groups in total. The van der Waals surface area contributed by atoms with Crippen molar-refractivity contribution in [2.45, 2.75) is 30.7 Å². The monoisotopic (exact) mass is 280 g/mol. The van der Waals surface area contributed by atoms with E-state index >= 15 is 0 Å². The number of sulfonamides is 1. The van der Waals surface area contributed by atoms with E-state index in [9.17, 15) is 13.2 Å². The Kier molecular flexibility index (Phi) is 2.78. The van der Waals surface area contributed by atoms with Gasteiger partial charge in [0.1, 0.15) is 0 Å². The molecule has 2 bridgehead atoms. The fourth-order valence-electron chi connectivity index (χ4n) is 2.74. The average Bonchev–Trinajstić information content (AvgIpc) is 2.61. The van der Waals surface area contributed by atoms with Gasteiger partial charge < -0.3 is 4.90 Å². The lowest BCUT2D eigenvalue weighted by Gasteiger charge is -2.22. The Balaban J connectivity index is 2.01. The third-order valence-corrected chi connectivity index (χ3v) is 5.61. The van der Waals surface area contributed by atoms with Crippen LogP contribution >= 0.6 is 0 Å². The second-order valence-electron chi connectivity index (χ2n) is 5.14. The van der Waals surface area contributed by atoms with Crippen LogP contribution in [0.1, 0.15) is 18.4 Å². The number of amides is 2. The van der Waals surface area contributed by atoms with Crippen molar-refractivity contribution < 1.29 is 13.2 Å². The van der Waals surface area contributed by atoms with Crippen LogP contribution in [0.15, 0.2) is 29.2 Å². The third-order valence-electron chi connectivity index (χ3n) is 3.77. The maximum atomic E-state index is 12.6. The Bertz CT molecular complexity index is 609. The van der Waals surface area contributed by atoms with Gasteiger partial charge in [-0.2, -0.15) is 0 Å². The van der Waals surface area contributed by atoms with Gasteiger partial charge >= 0.3 is 6.03 Å². The van der Waals surface area contributed by atoms with Crippen LogP contribution in [0.5, 0.6) is 0 Å². The SMILES string of the molecule is Cc1ccc(S(=O)(=O)N2C(=O)N3CCCC2C3)cc1. The van der Waals surface area contributed by atoms with Gasteiger partial charge in [-0.1, -0.05) is 17.7 Å². The number of fused-ring (bicyclic) bond motifs is 2. The van der Waals surface area contributed by atoms with Crippen molar-refractivity contribution in [1.29, 1.82) is 0 Å². The highest BCUT2D eigenvalue weighted by Crippen LogP contribution is 2.31. The van der Waals surface area contributed by atoms with Crippen LogP contribution in [0, 0.1) is 6.92 Å². The van der Waals surface area contributed by atoms with Crippen molar-refractivity contribution >= 4 is 16.1 Å². The van der Waals surface area contributed by atoms with Crippen LogP contribution in [0.2, 0.25) is 0 Å². The summed E-state index contributed by atoms with van der Waals surface area (Å²) in [7, 11) is -3.72. The van der Waals surface area contributed by atoms with Gasteiger partial charge in [-0.15, -0.1) is 0 Å². The van der Waals surface area contributed by atoms with E-state index in [1.54, 1.807) is 29.2 Å². The maximum Gasteiger partial charge on any atom is 0.334 e. The largest absolute Gasteiger partial charge is 0.334 e. The fraction of sp³-hybridized carbons (Fsp3) is 0.462. The van der Waals surface area contributed by atoms with E-state index < -0.39 is 10.0 Å². The summed E-state index contributed by atoms with van der Waals surface area (Å²) in [6, 6.07) is 6.06. The first kappa shape index (κ1) is 12.5. The number of carbonyl (C=O) groups is 1. The van der Waals surface area contributed by atoms with Crippen LogP contribution < -0.4 is 0 Å². The molecule has 1 aromatic carbocycles. The normalized spacial score (nSPS) is 23.0. The number of rotatable bonds is 2. The van der Waals surface area contributed by atoms with Crippen LogP contribution in [-0.2, 0) is 10.0 Å². The lowest BCUT2D eigenvalue weighted by Crippen LogP contribution is -2.38. The molecule has 102 valence electrons. The average molecular weight is 280 g/mol. The lowest BCUT2D eigenvalue weighted by molar-refractivity contribution is 0.208. The van der Waals surface area contributed by atoms with Crippen LogP contribution in [0.25, 0.3) is 0 Å². The minimum absolute atomic E-state index is 0.195. The number of nitrogens with zero attached hydrogens (tertiary/aromatic N) is 2. The summed E-state index contributed by atoms with van der Waals surface area (Å²) in [5.74, 6) is 0. The number of hydrogen-bond acceptors (Lipinski definition) is 3. The first-order valence-electron chi connectivity index (χ1n) is 6.40. The highest BCUT2D eigenvalue weighted by molar-refractivity contribution is 7.89. The molecule has 0 aromatic heterocycles. The van der Waals surface area contributed by atoms with Gasteiger partial charge in [-0.3, -0.25) is 0 Å². The van der Waals surface area contributed by atoms with Gasteiger partial charge in [0.25, 0.3) is 10.0 Å². The molecule has 0 radical (unpaired) electrons. The Morgan fingerprint density at radius 2 is 1.89 bits per heavy atom. The highest BCUT2D eigenvalue weighted by atomic mass is 32.2. The molecule has 1 unspecified atom stereocenters. The minimum Gasteiger partial charge on any atom is -0.322 e. The molecule has 6 heteroatoms. The second kappa shape index (κ2) is 4.23. The molecule has 2 fully saturated rings. The highest BCUT2D eigenvalue weighted by Gasteiger charge is 2.46. The fourth-order valence-corrected chi connectivity index (χ4v) is 4.33. The number of hydrogen-bond donors (Lipinski definition) is 0. The topological polar surface area (TPSA) is 57.7 Å². The smallest absolute Gasteiger partial charge is 0.322 e. The van der Waals surface area contributed by atoms with Crippen LogP contribution in [0.3, 0.4) is 0 Å². The molecule has 0 saturated carbocycles. The zero-order valence-corrected chi connectivity index (χ0v) is 11.6. The van der Waals surface area contributed by atoms with Gasteiger partial charge in [0.05, 0.1) is 10.9 Å². The summed E-state index contributed by atoms with van der Waals surface area (Å²) in [5, 5.41) is 0. The van der Waals surface area contributed by atoms with Crippen molar-refractivity contribution in [3.8, 4) is 0 Å². The molecule has 2 aliphatic heterocycles. The van der Waals surface area contributed by atoms with E-state index in [2.05, 4.69) is 0 Å². The molecule has 2 amide bonds. The summed E-state index contributed by atoms with van der Waals surface area (Å²) in [6.45, 7) is 3.09. The Morgan fingerprint density at radius 3 is 2.53 bits per heavy atom. The molecule has 5 nitrogen and oxygen atoms in total.